The van der Waals surface area contributed by atoms with E-state index in [9.17, 15) is 14.0 Å². The van der Waals surface area contributed by atoms with Crippen molar-refractivity contribution in [3.63, 3.8) is 0 Å². The number of nitrogens with zero attached hydrogens (tertiary/aromatic N) is 3. The van der Waals surface area contributed by atoms with Crippen LogP contribution in [0.1, 0.15) is 29.9 Å². The molecule has 128 valence electrons. The van der Waals surface area contributed by atoms with Crippen LogP contribution in [-0.2, 0) is 4.79 Å². The van der Waals surface area contributed by atoms with Crippen molar-refractivity contribution in [3.05, 3.63) is 47.5 Å². The highest BCUT2D eigenvalue weighted by Crippen LogP contribution is 2.18. The molecule has 1 aromatic carbocycles. The summed E-state index contributed by atoms with van der Waals surface area (Å²) in [6.07, 6.45) is 1.41. The number of para-hydroxylation sites is 1. The molecule has 2 aromatic rings. The quantitative estimate of drug-likeness (QED) is 0.879. The van der Waals surface area contributed by atoms with Gasteiger partial charge in [0.15, 0.2) is 0 Å². The Morgan fingerprint density at radius 2 is 2.00 bits per heavy atom. The third kappa shape index (κ3) is 3.61. The van der Waals surface area contributed by atoms with E-state index in [1.165, 1.54) is 21.8 Å². The number of hydrogen-bond acceptors (Lipinski definition) is 3. The summed E-state index contributed by atoms with van der Waals surface area (Å²) in [5, 5.41) is 6.80. The summed E-state index contributed by atoms with van der Waals surface area (Å²) in [6, 6.07) is 6.23. The number of halogens is 1. The number of aromatic nitrogens is 2. The largest absolute Gasteiger partial charge is 0.355 e. The lowest BCUT2D eigenvalue weighted by molar-refractivity contribution is -0.121. The topological polar surface area (TPSA) is 67.2 Å². The second kappa shape index (κ2) is 7.72. The molecule has 0 fully saturated rings. The van der Waals surface area contributed by atoms with Crippen LogP contribution in [-0.4, -0.2) is 46.1 Å². The number of rotatable bonds is 6. The molecular formula is C17H21FN4O2. The predicted octanol–water partition coefficient (Wildman–Crippen LogP) is 1.92. The number of nitrogens with one attached hydrogen (secondary N) is 1. The molecule has 1 aromatic heterocycles. The Labute approximate surface area is 140 Å². The van der Waals surface area contributed by atoms with E-state index in [0.29, 0.717) is 24.3 Å². The summed E-state index contributed by atoms with van der Waals surface area (Å²) in [4.78, 5) is 25.8. The second-order valence-corrected chi connectivity index (χ2v) is 5.28. The van der Waals surface area contributed by atoms with E-state index >= 15 is 0 Å². The number of amides is 2. The highest BCUT2D eigenvalue weighted by molar-refractivity contribution is 5.97. The maximum absolute atomic E-state index is 13.9. The molecule has 1 heterocycles. The SMILES string of the molecule is CCNC(=O)CN(CC)C(=O)c1cnn(-c2ccccc2F)c1C. The number of carbonyl (C=O) groups is 2. The van der Waals surface area contributed by atoms with Crippen molar-refractivity contribution < 1.29 is 14.0 Å². The van der Waals surface area contributed by atoms with E-state index in [2.05, 4.69) is 10.4 Å². The smallest absolute Gasteiger partial charge is 0.257 e. The predicted molar refractivity (Wildman–Crippen MR) is 88.5 cm³/mol. The van der Waals surface area contributed by atoms with Crippen LogP contribution < -0.4 is 5.32 Å². The minimum absolute atomic E-state index is 0.0203. The van der Waals surface area contributed by atoms with Gasteiger partial charge in [-0.25, -0.2) is 9.07 Å². The molecule has 0 radical (unpaired) electrons. The van der Waals surface area contributed by atoms with Crippen LogP contribution >= 0.6 is 0 Å². The Bertz CT molecular complexity index is 742. The lowest BCUT2D eigenvalue weighted by Crippen LogP contribution is -2.40. The normalized spacial score (nSPS) is 10.5. The molecule has 0 unspecified atom stereocenters. The van der Waals surface area contributed by atoms with Gasteiger partial charge < -0.3 is 10.2 Å². The second-order valence-electron chi connectivity index (χ2n) is 5.28. The molecule has 0 aliphatic carbocycles. The Hall–Kier alpha value is -2.70. The first-order valence-electron chi connectivity index (χ1n) is 7.85. The van der Waals surface area contributed by atoms with Crippen LogP contribution in [0, 0.1) is 12.7 Å². The van der Waals surface area contributed by atoms with Crippen LogP contribution in [0.5, 0.6) is 0 Å². The average molecular weight is 332 g/mol. The average Bonchev–Trinajstić information content (AvgIpc) is 2.94. The maximum Gasteiger partial charge on any atom is 0.257 e. The fourth-order valence-corrected chi connectivity index (χ4v) is 2.41. The molecule has 2 rings (SSSR count). The number of likely N-dealkylation sites (N-methyl/N-ethyl adjacent to an activating group) is 2. The van der Waals surface area contributed by atoms with E-state index in [4.69, 9.17) is 0 Å². The molecule has 0 bridgehead atoms. The third-order valence-electron chi connectivity index (χ3n) is 3.70. The molecule has 1 N–H and O–H groups in total. The van der Waals surface area contributed by atoms with Gasteiger partial charge in [0, 0.05) is 13.1 Å². The summed E-state index contributed by atoms with van der Waals surface area (Å²) >= 11 is 0. The molecule has 0 atom stereocenters. The zero-order chi connectivity index (χ0) is 17.7. The van der Waals surface area contributed by atoms with Gasteiger partial charge in [-0.2, -0.15) is 5.10 Å². The van der Waals surface area contributed by atoms with Gasteiger partial charge in [-0.1, -0.05) is 12.1 Å². The van der Waals surface area contributed by atoms with Crippen molar-refractivity contribution in [2.45, 2.75) is 20.8 Å². The number of hydrogen-bond donors (Lipinski definition) is 1. The lowest BCUT2D eigenvalue weighted by Gasteiger charge is -2.20. The first kappa shape index (κ1) is 17.7. The van der Waals surface area contributed by atoms with Gasteiger partial charge >= 0.3 is 0 Å². The third-order valence-corrected chi connectivity index (χ3v) is 3.70. The minimum Gasteiger partial charge on any atom is -0.355 e. The van der Waals surface area contributed by atoms with Gasteiger partial charge in [0.25, 0.3) is 5.91 Å². The zero-order valence-corrected chi connectivity index (χ0v) is 14.0. The van der Waals surface area contributed by atoms with Gasteiger partial charge in [-0.3, -0.25) is 9.59 Å². The van der Waals surface area contributed by atoms with E-state index in [-0.39, 0.29) is 24.0 Å². The number of carbonyl (C=O) groups excluding carboxylic acids is 2. The summed E-state index contributed by atoms with van der Waals surface area (Å²) in [6.45, 7) is 6.20. The fourth-order valence-electron chi connectivity index (χ4n) is 2.41. The van der Waals surface area contributed by atoms with Gasteiger partial charge in [0.05, 0.1) is 24.0 Å². The van der Waals surface area contributed by atoms with E-state index in [1.807, 2.05) is 6.92 Å². The van der Waals surface area contributed by atoms with Crippen LogP contribution in [0.15, 0.2) is 30.5 Å². The van der Waals surface area contributed by atoms with Crippen molar-refractivity contribution >= 4 is 11.8 Å². The summed E-state index contributed by atoms with van der Waals surface area (Å²) in [5.41, 5.74) is 1.16. The van der Waals surface area contributed by atoms with E-state index in [1.54, 1.807) is 32.0 Å². The van der Waals surface area contributed by atoms with Crippen molar-refractivity contribution in [1.82, 2.24) is 20.0 Å². The van der Waals surface area contributed by atoms with Crippen LogP contribution in [0.4, 0.5) is 4.39 Å². The van der Waals surface area contributed by atoms with Gasteiger partial charge in [-0.05, 0) is 32.9 Å². The summed E-state index contributed by atoms with van der Waals surface area (Å²) < 4.78 is 15.3. The Morgan fingerprint density at radius 1 is 1.29 bits per heavy atom. The van der Waals surface area contributed by atoms with Gasteiger partial charge in [0.2, 0.25) is 5.91 Å². The standard InChI is InChI=1S/C17H21FN4O2/c1-4-19-16(23)11-21(5-2)17(24)13-10-20-22(12(13)3)15-9-7-6-8-14(15)18/h6-10H,4-5,11H2,1-3H3,(H,19,23). The molecule has 24 heavy (non-hydrogen) atoms. The van der Waals surface area contributed by atoms with Crippen LogP contribution in [0.3, 0.4) is 0 Å². The van der Waals surface area contributed by atoms with Gasteiger partial charge in [-0.15, -0.1) is 0 Å². The molecule has 0 saturated carbocycles. The zero-order valence-electron chi connectivity index (χ0n) is 14.0. The van der Waals surface area contributed by atoms with Crippen molar-refractivity contribution in [2.75, 3.05) is 19.6 Å². The molecule has 7 heteroatoms. The Morgan fingerprint density at radius 3 is 2.62 bits per heavy atom. The molecule has 0 aliphatic heterocycles. The summed E-state index contributed by atoms with van der Waals surface area (Å²) in [7, 11) is 0. The first-order valence-corrected chi connectivity index (χ1v) is 7.85. The molecule has 0 saturated heterocycles. The highest BCUT2D eigenvalue weighted by Gasteiger charge is 2.22. The van der Waals surface area contributed by atoms with Gasteiger partial charge in [0.1, 0.15) is 11.5 Å². The highest BCUT2D eigenvalue weighted by atomic mass is 19.1. The summed E-state index contributed by atoms with van der Waals surface area (Å²) in [5.74, 6) is -0.937. The van der Waals surface area contributed by atoms with Crippen molar-refractivity contribution in [3.8, 4) is 5.69 Å². The Kier molecular flexibility index (Phi) is 5.68. The maximum atomic E-state index is 13.9. The molecule has 0 aliphatic rings. The van der Waals surface area contributed by atoms with E-state index < -0.39 is 5.82 Å². The lowest BCUT2D eigenvalue weighted by atomic mass is 10.2. The fraction of sp³-hybridized carbons (Fsp3) is 0.353. The van der Waals surface area contributed by atoms with Crippen molar-refractivity contribution in [1.29, 1.82) is 0 Å². The van der Waals surface area contributed by atoms with Crippen LogP contribution in [0.25, 0.3) is 5.69 Å². The van der Waals surface area contributed by atoms with E-state index in [0.717, 1.165) is 0 Å². The van der Waals surface area contributed by atoms with Crippen LogP contribution in [0.2, 0.25) is 0 Å². The number of benzene rings is 1. The molecule has 0 spiro atoms. The molecule has 2 amide bonds. The van der Waals surface area contributed by atoms with Crippen molar-refractivity contribution in [2.24, 2.45) is 0 Å². The minimum atomic E-state index is -0.419. The monoisotopic (exact) mass is 332 g/mol. The first-order chi connectivity index (χ1) is 11.5. The molecular weight excluding hydrogens is 311 g/mol. The Balaban J connectivity index is 2.28. The molecule has 6 nitrogen and oxygen atoms in total.